The number of hydrogen-bond donors (Lipinski definition) is 1. The Labute approximate surface area is 128 Å². The number of aliphatic hydroxyl groups excluding tert-OH is 1. The van der Waals surface area contributed by atoms with Crippen molar-refractivity contribution in [1.82, 2.24) is 0 Å². The Balaban J connectivity index is 2.32. The first-order valence-corrected chi connectivity index (χ1v) is 7.15. The summed E-state index contributed by atoms with van der Waals surface area (Å²) in [6.45, 7) is 0. The number of halogens is 6. The fourth-order valence-corrected chi connectivity index (χ4v) is 6.13. The van der Waals surface area contributed by atoms with Crippen LogP contribution in [0.25, 0.3) is 0 Å². The number of aliphatic hydroxyl groups is 1. The highest BCUT2D eigenvalue weighted by Gasteiger charge is 2.83. The van der Waals surface area contributed by atoms with E-state index in [1.165, 1.54) is 0 Å². The molecule has 3 rings (SSSR count). The molecule has 1 fully saturated rings. The third-order valence-electron chi connectivity index (χ3n) is 3.93. The van der Waals surface area contributed by atoms with Crippen molar-refractivity contribution in [1.29, 1.82) is 0 Å². The molecule has 3 aliphatic rings. The average molecular weight is 355 g/mol. The van der Waals surface area contributed by atoms with Crippen molar-refractivity contribution in [3.63, 3.8) is 0 Å². The minimum atomic E-state index is -1.56. The van der Waals surface area contributed by atoms with Gasteiger partial charge in [0.25, 0.3) is 0 Å². The first-order valence-electron chi connectivity index (χ1n) is 4.89. The molecule has 0 aliphatic heterocycles. The van der Waals surface area contributed by atoms with Gasteiger partial charge in [0, 0.05) is 11.8 Å². The minimum Gasteiger partial charge on any atom is -0.389 e. The van der Waals surface area contributed by atoms with Gasteiger partial charge >= 0.3 is 0 Å². The van der Waals surface area contributed by atoms with Crippen LogP contribution < -0.4 is 0 Å². The maximum atomic E-state index is 9.97. The molecule has 2 bridgehead atoms. The Morgan fingerprint density at radius 3 is 2.06 bits per heavy atom. The molecule has 0 saturated heterocycles. The second-order valence-electron chi connectivity index (χ2n) is 4.55. The summed E-state index contributed by atoms with van der Waals surface area (Å²) in [6.07, 6.45) is 2.58. The van der Waals surface area contributed by atoms with Gasteiger partial charge in [0.15, 0.2) is 4.33 Å². The van der Waals surface area contributed by atoms with E-state index >= 15 is 0 Å². The SMILES string of the molecule is O[C@@H]1C=C[C@H]2[C@@H]1[C@@]1(Cl)C(Cl)=C(Cl)[C@]2(Cl)C1(Cl)Cl. The predicted molar refractivity (Wildman–Crippen MR) is 72.5 cm³/mol. The van der Waals surface area contributed by atoms with Crippen LogP contribution in [0.4, 0.5) is 0 Å². The van der Waals surface area contributed by atoms with Gasteiger partial charge in [0.05, 0.1) is 16.2 Å². The van der Waals surface area contributed by atoms with E-state index in [0.29, 0.717) is 0 Å². The molecule has 0 unspecified atom stereocenters. The lowest BCUT2D eigenvalue weighted by atomic mass is 9.83. The molecule has 0 radical (unpaired) electrons. The lowest BCUT2D eigenvalue weighted by Crippen LogP contribution is -2.46. The summed E-state index contributed by atoms with van der Waals surface area (Å²) in [7, 11) is 0. The van der Waals surface area contributed by atoms with Crippen LogP contribution in [0.5, 0.6) is 0 Å². The highest BCUT2D eigenvalue weighted by Crippen LogP contribution is 2.77. The van der Waals surface area contributed by atoms with Crippen molar-refractivity contribution in [3.05, 3.63) is 22.2 Å². The number of alkyl halides is 4. The quantitative estimate of drug-likeness (QED) is 0.515. The van der Waals surface area contributed by atoms with Crippen LogP contribution in [0, 0.1) is 11.8 Å². The molecule has 17 heavy (non-hydrogen) atoms. The third-order valence-corrected chi connectivity index (χ3v) is 8.23. The molecule has 1 N–H and O–H groups in total. The molecule has 0 aromatic rings. The van der Waals surface area contributed by atoms with Gasteiger partial charge in [-0.05, 0) is 0 Å². The Bertz CT molecular complexity index is 471. The Hall–Kier alpha value is 1.18. The van der Waals surface area contributed by atoms with Crippen molar-refractivity contribution in [2.24, 2.45) is 11.8 Å². The standard InChI is InChI=1S/C10H6Cl6O/c11-6-7(12)9(14)5-3(1-2-4(5)17)8(6,13)10(9,15)16/h1-5,17H/t3-,4+,5-,8-,9+/m0/s1. The van der Waals surface area contributed by atoms with Gasteiger partial charge in [-0.2, -0.15) is 0 Å². The van der Waals surface area contributed by atoms with E-state index in [1.54, 1.807) is 12.2 Å². The maximum absolute atomic E-state index is 9.97. The second kappa shape index (κ2) is 3.44. The van der Waals surface area contributed by atoms with Gasteiger partial charge in [-0.15, -0.1) is 23.2 Å². The zero-order chi connectivity index (χ0) is 12.8. The first kappa shape index (κ1) is 13.2. The third kappa shape index (κ3) is 1.09. The summed E-state index contributed by atoms with van der Waals surface area (Å²) in [4.78, 5) is -2.64. The first-order chi connectivity index (χ1) is 7.70. The molecule has 0 amide bonds. The van der Waals surface area contributed by atoms with Crippen molar-refractivity contribution < 1.29 is 5.11 Å². The topological polar surface area (TPSA) is 20.2 Å². The van der Waals surface area contributed by atoms with Crippen molar-refractivity contribution in [2.45, 2.75) is 20.2 Å². The summed E-state index contributed by atoms with van der Waals surface area (Å²) in [6, 6.07) is 0. The van der Waals surface area contributed by atoms with Gasteiger partial charge in [-0.3, -0.25) is 0 Å². The van der Waals surface area contributed by atoms with Gasteiger partial charge < -0.3 is 5.11 Å². The van der Waals surface area contributed by atoms with Crippen LogP contribution in [-0.2, 0) is 0 Å². The molecule has 3 aliphatic carbocycles. The zero-order valence-corrected chi connectivity index (χ0v) is 12.6. The summed E-state index contributed by atoms with van der Waals surface area (Å²) >= 11 is 37.9. The summed E-state index contributed by atoms with van der Waals surface area (Å²) < 4.78 is -1.56. The predicted octanol–water partition coefficient (Wildman–Crippen LogP) is 4.00. The Morgan fingerprint density at radius 1 is 0.941 bits per heavy atom. The highest BCUT2D eigenvalue weighted by atomic mass is 35.5. The number of allylic oxidation sites excluding steroid dienone is 3. The molecule has 94 valence electrons. The monoisotopic (exact) mass is 352 g/mol. The van der Waals surface area contributed by atoms with Gasteiger partial charge in [0.2, 0.25) is 0 Å². The van der Waals surface area contributed by atoms with E-state index in [2.05, 4.69) is 0 Å². The van der Waals surface area contributed by atoms with Crippen LogP contribution in [0.3, 0.4) is 0 Å². The molecule has 1 nitrogen and oxygen atoms in total. The van der Waals surface area contributed by atoms with E-state index < -0.39 is 26.1 Å². The smallest absolute Gasteiger partial charge is 0.167 e. The lowest BCUT2D eigenvalue weighted by molar-refractivity contribution is 0.138. The van der Waals surface area contributed by atoms with Crippen molar-refractivity contribution in [3.8, 4) is 0 Å². The highest BCUT2D eigenvalue weighted by molar-refractivity contribution is 6.65. The lowest BCUT2D eigenvalue weighted by Gasteiger charge is -2.34. The molecule has 0 spiro atoms. The van der Waals surface area contributed by atoms with Gasteiger partial charge in [0.1, 0.15) is 9.75 Å². The van der Waals surface area contributed by atoms with Gasteiger partial charge in [-0.1, -0.05) is 58.6 Å². The molecular formula is C10H6Cl6O. The molecular weight excluding hydrogens is 349 g/mol. The minimum absolute atomic E-state index is 0.129. The van der Waals surface area contributed by atoms with E-state index in [4.69, 9.17) is 69.6 Å². The van der Waals surface area contributed by atoms with E-state index in [9.17, 15) is 5.11 Å². The van der Waals surface area contributed by atoms with Gasteiger partial charge in [-0.25, -0.2) is 0 Å². The van der Waals surface area contributed by atoms with Crippen molar-refractivity contribution >= 4 is 69.6 Å². The molecule has 0 aromatic heterocycles. The van der Waals surface area contributed by atoms with Crippen LogP contribution in [0.15, 0.2) is 22.2 Å². The molecule has 0 heterocycles. The van der Waals surface area contributed by atoms with Crippen molar-refractivity contribution in [2.75, 3.05) is 0 Å². The maximum Gasteiger partial charge on any atom is 0.167 e. The molecule has 0 aromatic carbocycles. The molecule has 5 atom stereocenters. The largest absolute Gasteiger partial charge is 0.389 e. The van der Waals surface area contributed by atoms with E-state index in [1.807, 2.05) is 0 Å². The summed E-state index contributed by atoms with van der Waals surface area (Å²) in [5.74, 6) is -0.798. The summed E-state index contributed by atoms with van der Waals surface area (Å²) in [5.41, 5.74) is 0. The van der Waals surface area contributed by atoms with Crippen LogP contribution in [0.2, 0.25) is 0 Å². The van der Waals surface area contributed by atoms with E-state index in [-0.39, 0.29) is 16.0 Å². The normalized spacial score (nSPS) is 54.6. The summed E-state index contributed by atoms with van der Waals surface area (Å²) in [5, 5.41) is 10.3. The fourth-order valence-electron chi connectivity index (χ4n) is 3.12. The van der Waals surface area contributed by atoms with Crippen LogP contribution >= 0.6 is 69.6 Å². The fraction of sp³-hybridized carbons (Fsp3) is 0.600. The van der Waals surface area contributed by atoms with E-state index in [0.717, 1.165) is 0 Å². The Kier molecular flexibility index (Phi) is 2.66. The molecule has 7 heteroatoms. The van der Waals surface area contributed by atoms with Crippen LogP contribution in [0.1, 0.15) is 0 Å². The van der Waals surface area contributed by atoms with Crippen LogP contribution in [-0.4, -0.2) is 25.3 Å². The number of hydrogen-bond acceptors (Lipinski definition) is 1. The number of rotatable bonds is 0. The zero-order valence-electron chi connectivity index (χ0n) is 8.10. The average Bonchev–Trinajstić information content (AvgIpc) is 2.73. The number of fused-ring (bicyclic) bond motifs is 5. The Morgan fingerprint density at radius 2 is 1.47 bits per heavy atom. The second-order valence-corrected chi connectivity index (χ2v) is 7.83. The molecule has 1 saturated carbocycles.